The van der Waals surface area contributed by atoms with E-state index in [1.807, 2.05) is 97.1 Å². The van der Waals surface area contributed by atoms with Gasteiger partial charge in [-0.15, -0.1) is 0 Å². The summed E-state index contributed by atoms with van der Waals surface area (Å²) in [6.07, 6.45) is 0. The second-order valence-electron chi connectivity index (χ2n) is 12.0. The van der Waals surface area contributed by atoms with Crippen molar-refractivity contribution in [3.05, 3.63) is 226 Å². The molecule has 0 atom stereocenters. The van der Waals surface area contributed by atoms with Gasteiger partial charge in [-0.3, -0.25) is 0 Å². The lowest BCUT2D eigenvalue weighted by Crippen LogP contribution is -2.38. The lowest BCUT2D eigenvalue weighted by molar-refractivity contribution is 0.473. The minimum atomic E-state index is -0.937. The molecule has 0 bridgehead atoms. The van der Waals surface area contributed by atoms with Gasteiger partial charge in [0.2, 0.25) is 0 Å². The van der Waals surface area contributed by atoms with Gasteiger partial charge in [-0.2, -0.15) is 0 Å². The molecule has 0 heterocycles. The van der Waals surface area contributed by atoms with E-state index in [0.717, 1.165) is 44.5 Å². The van der Waals surface area contributed by atoms with E-state index in [9.17, 15) is 20.4 Å². The van der Waals surface area contributed by atoms with Gasteiger partial charge in [0.15, 0.2) is 0 Å². The fourth-order valence-corrected chi connectivity index (χ4v) is 7.29. The van der Waals surface area contributed by atoms with Gasteiger partial charge in [-0.25, -0.2) is 0 Å². The van der Waals surface area contributed by atoms with Gasteiger partial charge in [0.05, 0.1) is 10.8 Å². The second kappa shape index (κ2) is 12.5. The molecule has 48 heavy (non-hydrogen) atoms. The molecule has 0 saturated heterocycles. The molecule has 0 saturated carbocycles. The monoisotopic (exact) mass is 626 g/mol. The highest BCUT2D eigenvalue weighted by Gasteiger charge is 2.46. The van der Waals surface area contributed by atoms with Crippen LogP contribution in [-0.4, -0.2) is 20.4 Å². The molecular weight excluding hydrogens is 592 g/mol. The average molecular weight is 627 g/mol. The highest BCUT2D eigenvalue weighted by molar-refractivity contribution is 5.69. The smallest absolute Gasteiger partial charge is 0.115 e. The summed E-state index contributed by atoms with van der Waals surface area (Å²) < 4.78 is 0. The van der Waals surface area contributed by atoms with Gasteiger partial charge >= 0.3 is 0 Å². The fourth-order valence-electron chi connectivity index (χ4n) is 7.29. The van der Waals surface area contributed by atoms with Crippen molar-refractivity contribution in [3.63, 3.8) is 0 Å². The minimum absolute atomic E-state index is 0.159. The Morgan fingerprint density at radius 3 is 0.688 bits per heavy atom. The van der Waals surface area contributed by atoms with E-state index in [2.05, 4.69) is 36.4 Å². The second-order valence-corrected chi connectivity index (χ2v) is 12.0. The third-order valence-corrected chi connectivity index (χ3v) is 9.35. The van der Waals surface area contributed by atoms with Crippen LogP contribution in [0.3, 0.4) is 0 Å². The molecule has 0 aromatic heterocycles. The Labute approximate surface area is 280 Å². The Kier molecular flexibility index (Phi) is 7.92. The van der Waals surface area contributed by atoms with Gasteiger partial charge < -0.3 is 20.4 Å². The number of aromatic hydroxyl groups is 4. The molecule has 0 amide bonds. The maximum atomic E-state index is 10.5. The summed E-state index contributed by atoms with van der Waals surface area (Å²) in [7, 11) is 0. The van der Waals surface area contributed by atoms with Gasteiger partial charge in [0.25, 0.3) is 0 Å². The van der Waals surface area contributed by atoms with E-state index >= 15 is 0 Å². The van der Waals surface area contributed by atoms with Crippen LogP contribution in [-0.2, 0) is 10.8 Å². The van der Waals surface area contributed by atoms with Crippen molar-refractivity contribution in [1.82, 2.24) is 0 Å². The molecule has 7 aromatic rings. The Bertz CT molecular complexity index is 1870. The van der Waals surface area contributed by atoms with Crippen LogP contribution >= 0.6 is 0 Å². The first kappa shape index (κ1) is 30.4. The summed E-state index contributed by atoms with van der Waals surface area (Å²) in [6.45, 7) is 0. The third kappa shape index (κ3) is 5.04. The Morgan fingerprint density at radius 2 is 0.438 bits per heavy atom. The molecule has 4 N–H and O–H groups in total. The van der Waals surface area contributed by atoms with Crippen molar-refractivity contribution in [3.8, 4) is 23.0 Å². The van der Waals surface area contributed by atoms with Crippen LogP contribution in [0, 0.1) is 0 Å². The molecule has 4 nitrogen and oxygen atoms in total. The Balaban J connectivity index is 1.71. The molecule has 234 valence electrons. The van der Waals surface area contributed by atoms with Crippen molar-refractivity contribution < 1.29 is 20.4 Å². The van der Waals surface area contributed by atoms with Gasteiger partial charge in [0, 0.05) is 0 Å². The molecule has 0 spiro atoms. The normalized spacial score (nSPS) is 11.7. The van der Waals surface area contributed by atoms with Gasteiger partial charge in [-0.1, -0.05) is 133 Å². The van der Waals surface area contributed by atoms with E-state index in [4.69, 9.17) is 0 Å². The summed E-state index contributed by atoms with van der Waals surface area (Å²) in [4.78, 5) is 0. The highest BCUT2D eigenvalue weighted by Crippen LogP contribution is 2.53. The van der Waals surface area contributed by atoms with Crippen LogP contribution in [0.15, 0.2) is 182 Å². The zero-order valence-electron chi connectivity index (χ0n) is 26.1. The summed E-state index contributed by atoms with van der Waals surface area (Å²) >= 11 is 0. The zero-order valence-corrected chi connectivity index (χ0v) is 26.1. The summed E-state index contributed by atoms with van der Waals surface area (Å²) in [5, 5.41) is 41.9. The molecular formula is C44H34O4. The van der Waals surface area contributed by atoms with E-state index in [1.165, 1.54) is 0 Å². The number of phenols is 4. The first-order chi connectivity index (χ1) is 23.4. The Morgan fingerprint density at radius 1 is 0.229 bits per heavy atom. The Hall–Kier alpha value is -6.26. The maximum absolute atomic E-state index is 10.5. The van der Waals surface area contributed by atoms with E-state index in [1.54, 1.807) is 48.5 Å². The standard InChI is InChI=1S/C44H34O4/c45-37-23-15-33(16-24-37)43(31-9-3-1-4-10-31,34-17-25-38(46)26-18-34)41-13-7-8-14-42(41)44(32-11-5-2-6-12-32,35-19-27-39(47)28-20-35)36-21-29-40(48)30-22-36/h1-30,45-48H. The van der Waals surface area contributed by atoms with Crippen LogP contribution in [0.1, 0.15) is 44.5 Å². The molecule has 4 heteroatoms. The SMILES string of the molecule is Oc1ccc(C(c2ccccc2)(c2ccc(O)cc2)c2ccccc2C(c2ccccc2)(c2ccc(O)cc2)c2ccc(O)cc2)cc1. The molecule has 0 unspecified atom stereocenters. The molecule has 0 fully saturated rings. The van der Waals surface area contributed by atoms with Crippen molar-refractivity contribution in [2.45, 2.75) is 10.8 Å². The summed E-state index contributed by atoms with van der Waals surface area (Å²) in [5.41, 5.74) is 5.73. The van der Waals surface area contributed by atoms with Crippen LogP contribution < -0.4 is 0 Å². The van der Waals surface area contributed by atoms with Crippen LogP contribution in [0.4, 0.5) is 0 Å². The number of phenolic OH excluding ortho intramolecular Hbond substituents is 4. The first-order valence-corrected chi connectivity index (χ1v) is 15.8. The zero-order chi connectivity index (χ0) is 33.1. The van der Waals surface area contributed by atoms with Gasteiger partial charge in [0.1, 0.15) is 23.0 Å². The van der Waals surface area contributed by atoms with Gasteiger partial charge in [-0.05, 0) is 93.0 Å². The molecule has 7 rings (SSSR count). The van der Waals surface area contributed by atoms with Crippen molar-refractivity contribution >= 4 is 0 Å². The summed E-state index contributed by atoms with van der Waals surface area (Å²) in [6, 6.07) is 58.3. The maximum Gasteiger partial charge on any atom is 0.115 e. The summed E-state index contributed by atoms with van der Waals surface area (Å²) in [5.74, 6) is 0.635. The molecule has 7 aromatic carbocycles. The van der Waals surface area contributed by atoms with E-state index < -0.39 is 10.8 Å². The average Bonchev–Trinajstić information content (AvgIpc) is 3.13. The van der Waals surface area contributed by atoms with Crippen LogP contribution in [0.5, 0.6) is 23.0 Å². The fraction of sp³-hybridized carbons (Fsp3) is 0.0455. The van der Waals surface area contributed by atoms with Crippen molar-refractivity contribution in [1.29, 1.82) is 0 Å². The van der Waals surface area contributed by atoms with E-state index in [-0.39, 0.29) is 23.0 Å². The topological polar surface area (TPSA) is 80.9 Å². The van der Waals surface area contributed by atoms with Crippen molar-refractivity contribution in [2.24, 2.45) is 0 Å². The molecule has 0 aliphatic heterocycles. The molecule has 0 aliphatic rings. The van der Waals surface area contributed by atoms with Crippen molar-refractivity contribution in [2.75, 3.05) is 0 Å². The van der Waals surface area contributed by atoms with Crippen LogP contribution in [0.2, 0.25) is 0 Å². The van der Waals surface area contributed by atoms with Crippen LogP contribution in [0.25, 0.3) is 0 Å². The first-order valence-electron chi connectivity index (χ1n) is 15.8. The molecule has 0 radical (unpaired) electrons. The number of hydrogen-bond acceptors (Lipinski definition) is 4. The number of benzene rings is 7. The van der Waals surface area contributed by atoms with E-state index in [0.29, 0.717) is 0 Å². The predicted octanol–water partition coefficient (Wildman–Crippen LogP) is 9.27. The molecule has 0 aliphatic carbocycles. The lowest BCUT2D eigenvalue weighted by Gasteiger charge is -2.44. The third-order valence-electron chi connectivity index (χ3n) is 9.35. The lowest BCUT2D eigenvalue weighted by atomic mass is 9.57. The predicted molar refractivity (Wildman–Crippen MR) is 190 cm³/mol. The number of hydrogen-bond donors (Lipinski definition) is 4. The minimum Gasteiger partial charge on any atom is -0.508 e. The quantitative estimate of drug-likeness (QED) is 0.127. The highest BCUT2D eigenvalue weighted by atomic mass is 16.3. The largest absolute Gasteiger partial charge is 0.508 e. The number of rotatable bonds is 8.